The minimum atomic E-state index is 0.571. The molecule has 0 aliphatic carbocycles. The Labute approximate surface area is 163 Å². The molecule has 0 spiro atoms. The van der Waals surface area contributed by atoms with Gasteiger partial charge in [-0.05, 0) is 29.8 Å². The zero-order valence-corrected chi connectivity index (χ0v) is 15.3. The van der Waals surface area contributed by atoms with Crippen LogP contribution in [-0.2, 0) is 13.1 Å². The van der Waals surface area contributed by atoms with Crippen molar-refractivity contribution in [3.05, 3.63) is 96.6 Å². The topological polar surface area (TPSA) is 75.6 Å². The number of benzene rings is 1. The van der Waals surface area contributed by atoms with Crippen LogP contribution in [0.3, 0.4) is 0 Å². The number of pyridine rings is 2. The van der Waals surface area contributed by atoms with Gasteiger partial charge in [0, 0.05) is 36.8 Å². The van der Waals surface area contributed by atoms with Gasteiger partial charge in [-0.25, -0.2) is 4.98 Å². The third kappa shape index (κ3) is 4.67. The molecular formula is C22H20N6. The summed E-state index contributed by atoms with van der Waals surface area (Å²) in [7, 11) is 0. The van der Waals surface area contributed by atoms with Crippen LogP contribution in [0.2, 0.25) is 0 Å². The average molecular weight is 368 g/mol. The molecule has 138 valence electrons. The van der Waals surface area contributed by atoms with E-state index in [1.54, 1.807) is 18.6 Å². The first kappa shape index (κ1) is 17.6. The lowest BCUT2D eigenvalue weighted by Gasteiger charge is -2.11. The van der Waals surface area contributed by atoms with E-state index in [0.29, 0.717) is 19.0 Å². The monoisotopic (exact) mass is 368 g/mol. The van der Waals surface area contributed by atoms with Gasteiger partial charge in [-0.1, -0.05) is 36.4 Å². The molecule has 0 aliphatic rings. The van der Waals surface area contributed by atoms with E-state index in [1.807, 2.05) is 66.7 Å². The molecule has 0 bridgehead atoms. The predicted molar refractivity (Wildman–Crippen MR) is 111 cm³/mol. The first-order chi connectivity index (χ1) is 13.9. The van der Waals surface area contributed by atoms with Gasteiger partial charge in [-0.15, -0.1) is 0 Å². The Balaban J connectivity index is 1.57. The Kier molecular flexibility index (Phi) is 5.49. The minimum absolute atomic E-state index is 0.571. The van der Waals surface area contributed by atoms with Gasteiger partial charge in [0.1, 0.15) is 5.82 Å². The highest BCUT2D eigenvalue weighted by Crippen LogP contribution is 2.22. The molecule has 0 saturated carbocycles. The lowest BCUT2D eigenvalue weighted by atomic mass is 10.1. The lowest BCUT2D eigenvalue weighted by molar-refractivity contribution is 1.01. The number of aromatic nitrogens is 4. The second kappa shape index (κ2) is 8.73. The molecule has 0 unspecified atom stereocenters. The summed E-state index contributed by atoms with van der Waals surface area (Å²) in [4.78, 5) is 17.7. The fourth-order valence-electron chi connectivity index (χ4n) is 2.74. The molecule has 0 aliphatic heterocycles. The molecule has 1 aromatic carbocycles. The fourth-order valence-corrected chi connectivity index (χ4v) is 2.74. The molecule has 6 nitrogen and oxygen atoms in total. The summed E-state index contributed by atoms with van der Waals surface area (Å²) < 4.78 is 0. The van der Waals surface area contributed by atoms with E-state index in [2.05, 4.69) is 30.6 Å². The quantitative estimate of drug-likeness (QED) is 0.510. The molecule has 6 heteroatoms. The second-order valence-corrected chi connectivity index (χ2v) is 6.21. The summed E-state index contributed by atoms with van der Waals surface area (Å²) in [5.41, 5.74) is 3.97. The fraction of sp³-hybridized carbons (Fsp3) is 0.0909. The maximum Gasteiger partial charge on any atom is 0.225 e. The van der Waals surface area contributed by atoms with Crippen LogP contribution in [-0.4, -0.2) is 19.9 Å². The summed E-state index contributed by atoms with van der Waals surface area (Å²) in [5.74, 6) is 1.32. The molecule has 0 atom stereocenters. The highest BCUT2D eigenvalue weighted by atomic mass is 15.1. The van der Waals surface area contributed by atoms with Crippen LogP contribution >= 0.6 is 0 Å². The van der Waals surface area contributed by atoms with Crippen molar-refractivity contribution in [3.63, 3.8) is 0 Å². The third-order valence-corrected chi connectivity index (χ3v) is 4.17. The number of hydrogen-bond donors (Lipinski definition) is 2. The summed E-state index contributed by atoms with van der Waals surface area (Å²) in [6.07, 6.45) is 5.34. The van der Waals surface area contributed by atoms with Gasteiger partial charge in [-0.3, -0.25) is 9.97 Å². The molecule has 0 radical (unpaired) electrons. The highest BCUT2D eigenvalue weighted by molar-refractivity contribution is 5.64. The van der Waals surface area contributed by atoms with Crippen LogP contribution in [0.5, 0.6) is 0 Å². The number of anilines is 2. The van der Waals surface area contributed by atoms with E-state index < -0.39 is 0 Å². The van der Waals surface area contributed by atoms with Crippen molar-refractivity contribution >= 4 is 11.8 Å². The zero-order chi connectivity index (χ0) is 19.0. The molecule has 28 heavy (non-hydrogen) atoms. The Hall–Kier alpha value is -3.80. The Morgan fingerprint density at radius 2 is 1.54 bits per heavy atom. The van der Waals surface area contributed by atoms with E-state index in [9.17, 15) is 0 Å². The molecule has 3 aromatic heterocycles. The maximum atomic E-state index is 4.68. The van der Waals surface area contributed by atoms with Crippen LogP contribution in [0.4, 0.5) is 11.8 Å². The number of nitrogens with one attached hydrogen (secondary N) is 2. The van der Waals surface area contributed by atoms with E-state index in [0.717, 1.165) is 28.3 Å². The standard InChI is InChI=1S/C22H20N6/c1-2-6-18(7-3-1)20-14-21(25-16-19-8-4-5-11-24-19)28-22(27-20)26-15-17-9-12-23-13-10-17/h1-14H,15-16H2,(H2,25,26,27,28). The molecule has 4 aromatic rings. The minimum Gasteiger partial charge on any atom is -0.364 e. The van der Waals surface area contributed by atoms with E-state index >= 15 is 0 Å². The Morgan fingerprint density at radius 1 is 0.714 bits per heavy atom. The molecule has 0 saturated heterocycles. The van der Waals surface area contributed by atoms with E-state index in [1.165, 1.54) is 0 Å². The Bertz CT molecular complexity index is 945. The van der Waals surface area contributed by atoms with E-state index in [-0.39, 0.29) is 0 Å². The first-order valence-corrected chi connectivity index (χ1v) is 9.08. The SMILES string of the molecule is c1ccc(-c2cc(NCc3ccccn3)nc(NCc3ccncc3)n2)cc1. The van der Waals surface area contributed by atoms with Gasteiger partial charge in [-0.2, -0.15) is 4.98 Å². The van der Waals surface area contributed by atoms with Gasteiger partial charge in [0.2, 0.25) is 5.95 Å². The first-order valence-electron chi connectivity index (χ1n) is 9.08. The van der Waals surface area contributed by atoms with Gasteiger partial charge >= 0.3 is 0 Å². The number of rotatable bonds is 7. The highest BCUT2D eigenvalue weighted by Gasteiger charge is 2.07. The third-order valence-electron chi connectivity index (χ3n) is 4.17. The second-order valence-electron chi connectivity index (χ2n) is 6.21. The molecule has 0 amide bonds. The number of hydrogen-bond acceptors (Lipinski definition) is 6. The summed E-state index contributed by atoms with van der Waals surface area (Å²) >= 11 is 0. The van der Waals surface area contributed by atoms with Crippen molar-refractivity contribution < 1.29 is 0 Å². The van der Waals surface area contributed by atoms with Crippen molar-refractivity contribution in [2.45, 2.75) is 13.1 Å². The summed E-state index contributed by atoms with van der Waals surface area (Å²) in [5, 5.41) is 6.65. The molecule has 4 rings (SSSR count). The Morgan fingerprint density at radius 3 is 2.32 bits per heavy atom. The van der Waals surface area contributed by atoms with Crippen molar-refractivity contribution in [1.82, 2.24) is 19.9 Å². The lowest BCUT2D eigenvalue weighted by Crippen LogP contribution is -2.08. The predicted octanol–water partition coefficient (Wildman–Crippen LogP) is 4.16. The average Bonchev–Trinajstić information content (AvgIpc) is 2.78. The van der Waals surface area contributed by atoms with Gasteiger partial charge in [0.25, 0.3) is 0 Å². The normalized spacial score (nSPS) is 10.4. The molecule has 3 heterocycles. The zero-order valence-electron chi connectivity index (χ0n) is 15.3. The van der Waals surface area contributed by atoms with Crippen molar-refractivity contribution in [2.24, 2.45) is 0 Å². The maximum absolute atomic E-state index is 4.68. The van der Waals surface area contributed by atoms with Crippen LogP contribution in [0.1, 0.15) is 11.3 Å². The smallest absolute Gasteiger partial charge is 0.225 e. The van der Waals surface area contributed by atoms with E-state index in [4.69, 9.17) is 0 Å². The van der Waals surface area contributed by atoms with Crippen molar-refractivity contribution in [1.29, 1.82) is 0 Å². The number of nitrogens with zero attached hydrogens (tertiary/aromatic N) is 4. The van der Waals surface area contributed by atoms with Gasteiger partial charge < -0.3 is 10.6 Å². The molecule has 2 N–H and O–H groups in total. The van der Waals surface area contributed by atoms with Gasteiger partial charge in [0.05, 0.1) is 17.9 Å². The molecule has 0 fully saturated rings. The van der Waals surface area contributed by atoms with Gasteiger partial charge in [0.15, 0.2) is 0 Å². The van der Waals surface area contributed by atoms with Crippen molar-refractivity contribution in [3.8, 4) is 11.3 Å². The van der Waals surface area contributed by atoms with Crippen LogP contribution in [0.15, 0.2) is 85.3 Å². The van der Waals surface area contributed by atoms with Crippen LogP contribution < -0.4 is 10.6 Å². The summed E-state index contributed by atoms with van der Waals surface area (Å²) in [6.45, 7) is 1.22. The summed E-state index contributed by atoms with van der Waals surface area (Å²) in [6, 6.07) is 21.8. The van der Waals surface area contributed by atoms with Crippen LogP contribution in [0.25, 0.3) is 11.3 Å². The largest absolute Gasteiger partial charge is 0.364 e. The molecular weight excluding hydrogens is 348 g/mol. The van der Waals surface area contributed by atoms with Crippen molar-refractivity contribution in [2.75, 3.05) is 10.6 Å². The van der Waals surface area contributed by atoms with Crippen LogP contribution in [0, 0.1) is 0 Å².